The molecule has 0 unspecified atom stereocenters. The molecular weight excluding hydrogens is 420 g/mol. The molecular formula is C24H32N6O3. The van der Waals surface area contributed by atoms with Gasteiger partial charge in [-0.1, -0.05) is 12.8 Å². The molecule has 1 N–H and O–H groups in total. The number of nitrogens with one attached hydrogen (secondary N) is 1. The molecule has 1 atom stereocenters. The highest BCUT2D eigenvalue weighted by Gasteiger charge is 2.25. The standard InChI is InChI=1S/C24H32N6O3/c1-2-32-20-9-10-22-17(13-20)12-18(24(31)25-22)14-29(15-21-8-5-11-33-21)16-23-26-27-28-30(23)19-6-3-4-7-19/h9-10,12-13,19,21H,2-8,11,14-16H2,1H3,(H,25,31)/t21-/m0/s1. The molecule has 1 saturated heterocycles. The Hall–Kier alpha value is -2.78. The van der Waals surface area contributed by atoms with Crippen molar-refractivity contribution in [1.82, 2.24) is 30.1 Å². The lowest BCUT2D eigenvalue weighted by atomic mass is 10.1. The van der Waals surface area contributed by atoms with E-state index in [1.165, 1.54) is 12.8 Å². The number of aromatic nitrogens is 5. The van der Waals surface area contributed by atoms with Gasteiger partial charge in [0.05, 0.1) is 25.3 Å². The number of hydrogen-bond donors (Lipinski definition) is 1. The zero-order valence-corrected chi connectivity index (χ0v) is 19.2. The Morgan fingerprint density at radius 2 is 2.06 bits per heavy atom. The lowest BCUT2D eigenvalue weighted by Gasteiger charge is -2.25. The predicted octanol–water partition coefficient (Wildman–Crippen LogP) is 3.21. The first kappa shape index (κ1) is 22.0. The van der Waals surface area contributed by atoms with E-state index in [9.17, 15) is 4.79 Å². The van der Waals surface area contributed by atoms with E-state index < -0.39 is 0 Å². The maximum Gasteiger partial charge on any atom is 0.252 e. The fourth-order valence-corrected chi connectivity index (χ4v) is 5.05. The van der Waals surface area contributed by atoms with E-state index in [-0.39, 0.29) is 11.7 Å². The quantitative estimate of drug-likeness (QED) is 0.532. The average molecular weight is 453 g/mol. The van der Waals surface area contributed by atoms with E-state index in [0.717, 1.165) is 61.3 Å². The summed E-state index contributed by atoms with van der Waals surface area (Å²) in [7, 11) is 0. The van der Waals surface area contributed by atoms with Crippen LogP contribution in [0.1, 0.15) is 62.9 Å². The molecule has 3 heterocycles. The second-order valence-electron chi connectivity index (χ2n) is 9.09. The molecule has 2 fully saturated rings. The molecule has 1 saturated carbocycles. The highest BCUT2D eigenvalue weighted by Crippen LogP contribution is 2.29. The van der Waals surface area contributed by atoms with Gasteiger partial charge in [0, 0.05) is 36.2 Å². The van der Waals surface area contributed by atoms with E-state index in [1.54, 1.807) is 0 Å². The predicted molar refractivity (Wildman–Crippen MR) is 124 cm³/mol. The number of rotatable bonds is 9. The third kappa shape index (κ3) is 5.09. The van der Waals surface area contributed by atoms with Gasteiger partial charge in [0.15, 0.2) is 5.82 Å². The Morgan fingerprint density at radius 1 is 1.18 bits per heavy atom. The van der Waals surface area contributed by atoms with Crippen LogP contribution in [0.25, 0.3) is 10.9 Å². The van der Waals surface area contributed by atoms with E-state index in [0.29, 0.717) is 31.3 Å². The van der Waals surface area contributed by atoms with Gasteiger partial charge in [-0.3, -0.25) is 9.69 Å². The van der Waals surface area contributed by atoms with Crippen LogP contribution in [0.5, 0.6) is 5.75 Å². The molecule has 0 spiro atoms. The summed E-state index contributed by atoms with van der Waals surface area (Å²) in [4.78, 5) is 18.2. The molecule has 1 aliphatic heterocycles. The summed E-state index contributed by atoms with van der Waals surface area (Å²) in [6.45, 7) is 5.20. The number of fused-ring (bicyclic) bond motifs is 1. The third-order valence-electron chi connectivity index (χ3n) is 6.68. The summed E-state index contributed by atoms with van der Waals surface area (Å²) >= 11 is 0. The lowest BCUT2D eigenvalue weighted by Crippen LogP contribution is -2.34. The monoisotopic (exact) mass is 452 g/mol. The molecule has 9 heteroatoms. The van der Waals surface area contributed by atoms with Crippen molar-refractivity contribution in [1.29, 1.82) is 0 Å². The SMILES string of the molecule is CCOc1ccc2[nH]c(=O)c(CN(Cc3nnnn3C3CCCC3)C[C@@H]3CCCO3)cc2c1. The van der Waals surface area contributed by atoms with Crippen LogP contribution in [0.4, 0.5) is 0 Å². The van der Waals surface area contributed by atoms with Crippen LogP contribution in [-0.2, 0) is 17.8 Å². The first-order chi connectivity index (χ1) is 16.2. The molecule has 9 nitrogen and oxygen atoms in total. The largest absolute Gasteiger partial charge is 0.494 e. The molecule has 2 aromatic heterocycles. The molecule has 176 valence electrons. The Kier molecular flexibility index (Phi) is 6.68. The van der Waals surface area contributed by atoms with E-state index in [2.05, 4.69) is 25.4 Å². The van der Waals surface area contributed by atoms with Crippen molar-refractivity contribution in [2.45, 2.75) is 70.7 Å². The van der Waals surface area contributed by atoms with Crippen LogP contribution in [0.2, 0.25) is 0 Å². The minimum Gasteiger partial charge on any atom is -0.494 e. The van der Waals surface area contributed by atoms with Gasteiger partial charge in [0.2, 0.25) is 0 Å². The zero-order valence-electron chi connectivity index (χ0n) is 19.2. The van der Waals surface area contributed by atoms with Gasteiger partial charge in [-0.05, 0) is 67.3 Å². The van der Waals surface area contributed by atoms with Gasteiger partial charge in [-0.15, -0.1) is 5.10 Å². The molecule has 33 heavy (non-hydrogen) atoms. The van der Waals surface area contributed by atoms with Crippen LogP contribution in [0, 0.1) is 0 Å². The van der Waals surface area contributed by atoms with Crippen LogP contribution in [-0.4, -0.2) is 56.0 Å². The Balaban J connectivity index is 1.41. The average Bonchev–Trinajstić information content (AvgIpc) is 3.58. The maximum atomic E-state index is 12.9. The van der Waals surface area contributed by atoms with Crippen LogP contribution >= 0.6 is 0 Å². The molecule has 1 aliphatic carbocycles. The number of hydrogen-bond acceptors (Lipinski definition) is 7. The van der Waals surface area contributed by atoms with Crippen LogP contribution < -0.4 is 10.3 Å². The van der Waals surface area contributed by atoms with Crippen LogP contribution in [0.3, 0.4) is 0 Å². The molecule has 1 aromatic carbocycles. The van der Waals surface area contributed by atoms with E-state index in [1.807, 2.05) is 35.9 Å². The Morgan fingerprint density at radius 3 is 2.85 bits per heavy atom. The third-order valence-corrected chi connectivity index (χ3v) is 6.68. The summed E-state index contributed by atoms with van der Waals surface area (Å²) in [6, 6.07) is 8.10. The molecule has 2 aliphatic rings. The van der Waals surface area contributed by atoms with Crippen molar-refractivity contribution in [2.24, 2.45) is 0 Å². The molecule has 0 amide bonds. The van der Waals surface area contributed by atoms with Gasteiger partial charge >= 0.3 is 0 Å². The first-order valence-corrected chi connectivity index (χ1v) is 12.1. The lowest BCUT2D eigenvalue weighted by molar-refractivity contribution is 0.0661. The van der Waals surface area contributed by atoms with E-state index >= 15 is 0 Å². The maximum absolute atomic E-state index is 12.9. The van der Waals surface area contributed by atoms with Gasteiger partial charge in [-0.25, -0.2) is 4.68 Å². The molecule has 5 rings (SSSR count). The smallest absolute Gasteiger partial charge is 0.252 e. The zero-order chi connectivity index (χ0) is 22.6. The summed E-state index contributed by atoms with van der Waals surface area (Å²) in [5, 5.41) is 13.6. The molecule has 0 bridgehead atoms. The number of ether oxygens (including phenoxy) is 2. The number of pyridine rings is 1. The number of nitrogens with zero attached hydrogens (tertiary/aromatic N) is 5. The Labute approximate surface area is 193 Å². The fraction of sp³-hybridized carbons (Fsp3) is 0.583. The number of aromatic amines is 1. The molecule has 0 radical (unpaired) electrons. The number of H-pyrrole nitrogens is 1. The minimum absolute atomic E-state index is 0.0700. The first-order valence-electron chi connectivity index (χ1n) is 12.1. The topological polar surface area (TPSA) is 98.2 Å². The normalized spacial score (nSPS) is 19.2. The van der Waals surface area contributed by atoms with E-state index in [4.69, 9.17) is 9.47 Å². The van der Waals surface area contributed by atoms with Gasteiger partial charge < -0.3 is 14.5 Å². The van der Waals surface area contributed by atoms with Crippen LogP contribution in [0.15, 0.2) is 29.1 Å². The van der Waals surface area contributed by atoms with Gasteiger partial charge in [0.1, 0.15) is 5.75 Å². The highest BCUT2D eigenvalue weighted by molar-refractivity contribution is 5.80. The van der Waals surface area contributed by atoms with Gasteiger partial charge in [-0.2, -0.15) is 0 Å². The Bertz CT molecular complexity index is 1130. The van der Waals surface area contributed by atoms with Crippen molar-refractivity contribution >= 4 is 10.9 Å². The summed E-state index contributed by atoms with van der Waals surface area (Å²) in [6.07, 6.45) is 6.97. The minimum atomic E-state index is -0.0700. The molecule has 3 aromatic rings. The second-order valence-corrected chi connectivity index (χ2v) is 9.09. The summed E-state index contributed by atoms with van der Waals surface area (Å²) in [5.41, 5.74) is 1.46. The van der Waals surface area contributed by atoms with Gasteiger partial charge in [0.25, 0.3) is 5.56 Å². The number of benzene rings is 1. The van der Waals surface area contributed by atoms with Crippen molar-refractivity contribution in [3.63, 3.8) is 0 Å². The summed E-state index contributed by atoms with van der Waals surface area (Å²) in [5.74, 6) is 1.66. The highest BCUT2D eigenvalue weighted by atomic mass is 16.5. The van der Waals surface area contributed by atoms with Crippen molar-refractivity contribution < 1.29 is 9.47 Å². The van der Waals surface area contributed by atoms with Crippen molar-refractivity contribution in [2.75, 3.05) is 19.8 Å². The van der Waals surface area contributed by atoms with Crippen molar-refractivity contribution in [3.05, 3.63) is 46.0 Å². The second kappa shape index (κ2) is 10.0. The number of tetrazole rings is 1. The summed E-state index contributed by atoms with van der Waals surface area (Å²) < 4.78 is 13.5. The van der Waals surface area contributed by atoms with Crippen molar-refractivity contribution in [3.8, 4) is 5.75 Å². The fourth-order valence-electron chi connectivity index (χ4n) is 5.05.